The van der Waals surface area contributed by atoms with Gasteiger partial charge in [-0.2, -0.15) is 0 Å². The molecule has 1 N–H and O–H groups in total. The van der Waals surface area contributed by atoms with Crippen molar-refractivity contribution < 1.29 is 4.79 Å². The van der Waals surface area contributed by atoms with Crippen molar-refractivity contribution in [2.75, 3.05) is 5.32 Å². The van der Waals surface area contributed by atoms with E-state index in [1.54, 1.807) is 17.8 Å². The number of rotatable bonds is 5. The van der Waals surface area contributed by atoms with Crippen LogP contribution in [-0.4, -0.2) is 25.3 Å². The van der Waals surface area contributed by atoms with E-state index in [9.17, 15) is 9.59 Å². The molecular weight excluding hydrogens is 430 g/mol. The van der Waals surface area contributed by atoms with Crippen molar-refractivity contribution in [2.45, 2.75) is 6.42 Å². The Hall–Kier alpha value is -3.69. The number of anilines is 1. The summed E-state index contributed by atoms with van der Waals surface area (Å²) in [5.41, 5.74) is 2.09. The molecule has 31 heavy (non-hydrogen) atoms. The third-order valence-electron chi connectivity index (χ3n) is 4.57. The van der Waals surface area contributed by atoms with Gasteiger partial charge < -0.3 is 0 Å². The zero-order valence-corrected chi connectivity index (χ0v) is 17.7. The summed E-state index contributed by atoms with van der Waals surface area (Å²) in [6.45, 7) is 0. The van der Waals surface area contributed by atoms with Crippen LogP contribution in [0.2, 0.25) is 0 Å². The number of hydrogen-bond acceptors (Lipinski definition) is 7. The van der Waals surface area contributed by atoms with Gasteiger partial charge in [-0.3, -0.25) is 24.3 Å². The predicted molar refractivity (Wildman–Crippen MR) is 122 cm³/mol. The van der Waals surface area contributed by atoms with E-state index in [0.29, 0.717) is 27.9 Å². The maximum atomic E-state index is 12.9. The first-order valence-electron chi connectivity index (χ1n) is 9.40. The Morgan fingerprint density at radius 1 is 1.03 bits per heavy atom. The van der Waals surface area contributed by atoms with Gasteiger partial charge in [-0.15, -0.1) is 22.7 Å². The van der Waals surface area contributed by atoms with Gasteiger partial charge in [0.25, 0.3) is 11.5 Å². The Bertz CT molecular complexity index is 1420. The van der Waals surface area contributed by atoms with E-state index in [0.717, 1.165) is 10.4 Å². The van der Waals surface area contributed by atoms with Gasteiger partial charge in [-0.05, 0) is 17.7 Å². The molecule has 0 saturated carbocycles. The quantitative estimate of drug-likeness (QED) is 0.440. The molecule has 4 aromatic heterocycles. The summed E-state index contributed by atoms with van der Waals surface area (Å²) >= 11 is 2.71. The number of aromatic nitrogens is 4. The van der Waals surface area contributed by atoms with Gasteiger partial charge in [0.2, 0.25) is 0 Å². The molecule has 5 rings (SSSR count). The van der Waals surface area contributed by atoms with Gasteiger partial charge in [0, 0.05) is 35.3 Å². The average molecular weight is 446 g/mol. The lowest BCUT2D eigenvalue weighted by Gasteiger charge is -2.01. The molecule has 0 spiro atoms. The molecule has 4 heterocycles. The lowest BCUT2D eigenvalue weighted by molar-refractivity contribution is 0.102. The van der Waals surface area contributed by atoms with Crippen LogP contribution in [-0.2, 0) is 6.42 Å². The van der Waals surface area contributed by atoms with Crippen LogP contribution in [0, 0.1) is 0 Å². The molecule has 7 nitrogen and oxygen atoms in total. The minimum absolute atomic E-state index is 0.0313. The molecule has 0 unspecified atom stereocenters. The van der Waals surface area contributed by atoms with Gasteiger partial charge in [0.15, 0.2) is 10.1 Å². The monoisotopic (exact) mass is 445 g/mol. The van der Waals surface area contributed by atoms with Crippen molar-refractivity contribution in [2.24, 2.45) is 0 Å². The fourth-order valence-corrected chi connectivity index (χ4v) is 4.76. The Morgan fingerprint density at radius 3 is 2.68 bits per heavy atom. The third kappa shape index (κ3) is 4.00. The zero-order chi connectivity index (χ0) is 21.2. The van der Waals surface area contributed by atoms with Gasteiger partial charge in [-0.1, -0.05) is 36.4 Å². The van der Waals surface area contributed by atoms with Crippen LogP contribution >= 0.6 is 22.7 Å². The van der Waals surface area contributed by atoms with Crippen LogP contribution in [0.3, 0.4) is 0 Å². The van der Waals surface area contributed by atoms with Crippen LogP contribution in [0.25, 0.3) is 16.3 Å². The van der Waals surface area contributed by atoms with Crippen molar-refractivity contribution in [3.63, 3.8) is 0 Å². The van der Waals surface area contributed by atoms with Crippen LogP contribution in [0.1, 0.15) is 20.8 Å². The molecule has 5 aromatic rings. The number of fused-ring (bicyclic) bond motifs is 1. The normalized spacial score (nSPS) is 11.0. The zero-order valence-electron chi connectivity index (χ0n) is 16.1. The second-order valence-corrected chi connectivity index (χ2v) is 8.65. The van der Waals surface area contributed by atoms with Gasteiger partial charge in [-0.25, -0.2) is 9.97 Å². The SMILES string of the molecule is O=C(Nc1nc(-c2ccccn2)cs1)c1cnc2sc(Cc3ccccc3)cn2c1=O. The molecule has 9 heteroatoms. The summed E-state index contributed by atoms with van der Waals surface area (Å²) in [5, 5.41) is 4.89. The lowest BCUT2D eigenvalue weighted by Crippen LogP contribution is -2.25. The first-order chi connectivity index (χ1) is 15.2. The molecule has 152 valence electrons. The maximum absolute atomic E-state index is 12.9. The highest BCUT2D eigenvalue weighted by Crippen LogP contribution is 2.23. The molecule has 0 fully saturated rings. The van der Waals surface area contributed by atoms with E-state index in [4.69, 9.17) is 0 Å². The van der Waals surface area contributed by atoms with Gasteiger partial charge in [0.1, 0.15) is 11.3 Å². The summed E-state index contributed by atoms with van der Waals surface area (Å²) in [4.78, 5) is 40.1. The molecule has 0 radical (unpaired) electrons. The summed E-state index contributed by atoms with van der Waals surface area (Å²) in [6, 6.07) is 15.5. The molecule has 1 aromatic carbocycles. The molecule has 0 bridgehead atoms. The van der Waals surface area contributed by atoms with E-state index in [1.807, 2.05) is 48.5 Å². The minimum atomic E-state index is -0.537. The van der Waals surface area contributed by atoms with E-state index in [-0.39, 0.29) is 5.56 Å². The van der Waals surface area contributed by atoms with Crippen molar-refractivity contribution in [3.8, 4) is 11.4 Å². The molecule has 1 amide bonds. The van der Waals surface area contributed by atoms with Crippen molar-refractivity contribution in [1.29, 1.82) is 0 Å². The van der Waals surface area contributed by atoms with E-state index >= 15 is 0 Å². The number of carbonyl (C=O) groups excluding carboxylic acids is 1. The lowest BCUT2D eigenvalue weighted by atomic mass is 10.1. The summed E-state index contributed by atoms with van der Waals surface area (Å²) in [6.07, 6.45) is 5.46. The van der Waals surface area contributed by atoms with Crippen LogP contribution in [0.15, 0.2) is 77.3 Å². The van der Waals surface area contributed by atoms with E-state index in [1.165, 1.54) is 33.3 Å². The van der Waals surface area contributed by atoms with Gasteiger partial charge >= 0.3 is 0 Å². The highest BCUT2D eigenvalue weighted by molar-refractivity contribution is 7.17. The second kappa shape index (κ2) is 8.21. The predicted octanol–water partition coefficient (Wildman–Crippen LogP) is 4.12. The number of hydrogen-bond donors (Lipinski definition) is 1. The Kier molecular flexibility index (Phi) is 5.11. The molecule has 0 aliphatic carbocycles. The van der Waals surface area contributed by atoms with Crippen molar-refractivity contribution >= 4 is 38.7 Å². The number of benzene rings is 1. The maximum Gasteiger partial charge on any atom is 0.271 e. The highest BCUT2D eigenvalue weighted by Gasteiger charge is 2.17. The van der Waals surface area contributed by atoms with Crippen LogP contribution < -0.4 is 10.9 Å². The average Bonchev–Trinajstić information content (AvgIpc) is 3.42. The van der Waals surface area contributed by atoms with E-state index < -0.39 is 11.5 Å². The standard InChI is InChI=1S/C22H15N5O2S2/c28-19(26-21-25-18(13-30-21)17-8-4-5-9-23-17)16-11-24-22-27(20(16)29)12-15(31-22)10-14-6-2-1-3-7-14/h1-9,11-13H,10H2,(H,25,26,28). The third-order valence-corrected chi connectivity index (χ3v) is 6.33. The largest absolute Gasteiger partial charge is 0.298 e. The fourth-order valence-electron chi connectivity index (χ4n) is 3.09. The van der Waals surface area contributed by atoms with E-state index in [2.05, 4.69) is 20.3 Å². The number of carbonyl (C=O) groups is 1. The molecule has 0 aliphatic rings. The van der Waals surface area contributed by atoms with Crippen molar-refractivity contribution in [3.05, 3.63) is 98.9 Å². The van der Waals surface area contributed by atoms with Gasteiger partial charge in [0.05, 0.1) is 5.69 Å². The van der Waals surface area contributed by atoms with Crippen LogP contribution in [0.5, 0.6) is 0 Å². The number of pyridine rings is 1. The molecule has 0 aliphatic heterocycles. The number of thiazole rings is 2. The number of nitrogens with zero attached hydrogens (tertiary/aromatic N) is 4. The smallest absolute Gasteiger partial charge is 0.271 e. The fraction of sp³-hybridized carbons (Fsp3) is 0.0455. The summed E-state index contributed by atoms with van der Waals surface area (Å²) in [5.74, 6) is -0.537. The topological polar surface area (TPSA) is 89.2 Å². The first kappa shape index (κ1) is 19.3. The number of nitrogens with one attached hydrogen (secondary N) is 1. The molecule has 0 saturated heterocycles. The van der Waals surface area contributed by atoms with Crippen LogP contribution in [0.4, 0.5) is 5.13 Å². The number of amides is 1. The molecular formula is C22H15N5O2S2. The Morgan fingerprint density at radius 2 is 1.87 bits per heavy atom. The molecule has 0 atom stereocenters. The second-order valence-electron chi connectivity index (χ2n) is 6.70. The summed E-state index contributed by atoms with van der Waals surface area (Å²) < 4.78 is 1.43. The minimum Gasteiger partial charge on any atom is -0.298 e. The van der Waals surface area contributed by atoms with Crippen molar-refractivity contribution in [1.82, 2.24) is 19.4 Å². The summed E-state index contributed by atoms with van der Waals surface area (Å²) in [7, 11) is 0. The Labute approximate surface area is 184 Å². The Balaban J connectivity index is 1.38. The highest BCUT2D eigenvalue weighted by atomic mass is 32.1. The first-order valence-corrected chi connectivity index (χ1v) is 11.1.